The van der Waals surface area contributed by atoms with Crippen LogP contribution < -0.4 is 0 Å². The second-order valence-electron chi connectivity index (χ2n) is 7.03. The summed E-state index contributed by atoms with van der Waals surface area (Å²) in [7, 11) is -0.743. The van der Waals surface area contributed by atoms with Gasteiger partial charge < -0.3 is 9.64 Å². The van der Waals surface area contributed by atoms with Crippen molar-refractivity contribution in [1.82, 2.24) is 9.80 Å². The number of rotatable bonds is 5. The van der Waals surface area contributed by atoms with Gasteiger partial charge in [0.25, 0.3) is 0 Å². The van der Waals surface area contributed by atoms with Crippen LogP contribution in [0.3, 0.4) is 0 Å². The molecule has 1 unspecified atom stereocenters. The van der Waals surface area contributed by atoms with Crippen molar-refractivity contribution >= 4 is 14.8 Å². The lowest BCUT2D eigenvalue weighted by molar-refractivity contribution is -0.143. The van der Waals surface area contributed by atoms with Crippen LogP contribution in [0.25, 0.3) is 0 Å². The number of carbonyl (C=O) groups is 1. The van der Waals surface area contributed by atoms with Gasteiger partial charge in [-0.2, -0.15) is 0 Å². The van der Waals surface area contributed by atoms with Crippen molar-refractivity contribution in [2.75, 3.05) is 32.8 Å². The second-order valence-corrected chi connectivity index (χ2v) is 10.3. The topological polar surface area (TPSA) is 32.8 Å². The molecule has 0 spiro atoms. The van der Waals surface area contributed by atoms with E-state index in [2.05, 4.69) is 43.7 Å². The normalized spacial score (nSPS) is 22.2. The molecule has 20 heavy (non-hydrogen) atoms. The molecule has 0 N–H and O–H groups in total. The Kier molecular flexibility index (Phi) is 6.68. The highest BCUT2D eigenvalue weighted by Crippen LogP contribution is 2.22. The van der Waals surface area contributed by atoms with Gasteiger partial charge in [0.15, 0.2) is 0 Å². The molecule has 1 aliphatic rings. The highest BCUT2D eigenvalue weighted by atomic mass is 28.3. The summed E-state index contributed by atoms with van der Waals surface area (Å²) in [6.45, 7) is 18.3. The van der Waals surface area contributed by atoms with E-state index in [1.165, 1.54) is 0 Å². The maximum absolute atomic E-state index is 11.5. The summed E-state index contributed by atoms with van der Waals surface area (Å²) in [6, 6.07) is 0. The van der Waals surface area contributed by atoms with Gasteiger partial charge in [0, 0.05) is 37.4 Å². The van der Waals surface area contributed by atoms with Gasteiger partial charge in [0.2, 0.25) is 0 Å². The second kappa shape index (κ2) is 7.57. The standard InChI is InChI=1S/C15H32N2O2Si/c1-7-19-14(18)8-9-16-10-11-17(15(2,3)4)13(12-16)20(5)6/h13,20H,7-12H2,1-6H3. The van der Waals surface area contributed by atoms with E-state index in [1.807, 2.05) is 6.92 Å². The van der Waals surface area contributed by atoms with Crippen molar-refractivity contribution in [3.05, 3.63) is 0 Å². The Bertz CT molecular complexity index is 315. The van der Waals surface area contributed by atoms with E-state index in [1.54, 1.807) is 0 Å². The average molecular weight is 301 g/mol. The Morgan fingerprint density at radius 1 is 1.30 bits per heavy atom. The fraction of sp³-hybridized carbons (Fsp3) is 0.933. The van der Waals surface area contributed by atoms with Crippen LogP contribution >= 0.6 is 0 Å². The predicted molar refractivity (Wildman–Crippen MR) is 86.8 cm³/mol. The van der Waals surface area contributed by atoms with Crippen LogP contribution in [0.2, 0.25) is 13.1 Å². The van der Waals surface area contributed by atoms with Crippen LogP contribution in [0.15, 0.2) is 0 Å². The lowest BCUT2D eigenvalue weighted by Crippen LogP contribution is -2.63. The molecule has 0 bridgehead atoms. The molecule has 1 rings (SSSR count). The first-order valence-corrected chi connectivity index (χ1v) is 10.9. The number of esters is 1. The minimum absolute atomic E-state index is 0.0657. The van der Waals surface area contributed by atoms with Gasteiger partial charge in [0.05, 0.1) is 21.8 Å². The molecule has 0 amide bonds. The highest BCUT2D eigenvalue weighted by Gasteiger charge is 2.35. The number of carbonyl (C=O) groups excluding carboxylic acids is 1. The molecule has 0 aromatic rings. The minimum atomic E-state index is -0.743. The number of hydrogen-bond donors (Lipinski definition) is 0. The molecule has 1 aliphatic heterocycles. The monoisotopic (exact) mass is 300 g/mol. The van der Waals surface area contributed by atoms with E-state index in [-0.39, 0.29) is 11.5 Å². The van der Waals surface area contributed by atoms with Gasteiger partial charge in [-0.25, -0.2) is 0 Å². The van der Waals surface area contributed by atoms with Gasteiger partial charge in [-0.3, -0.25) is 9.69 Å². The van der Waals surface area contributed by atoms with E-state index in [9.17, 15) is 4.79 Å². The Hall–Kier alpha value is -0.393. The van der Waals surface area contributed by atoms with Crippen LogP contribution in [-0.4, -0.2) is 68.6 Å². The molecule has 1 fully saturated rings. The van der Waals surface area contributed by atoms with Crippen molar-refractivity contribution < 1.29 is 9.53 Å². The lowest BCUT2D eigenvalue weighted by atomic mass is 10.0. The maximum Gasteiger partial charge on any atom is 0.307 e. The van der Waals surface area contributed by atoms with Crippen molar-refractivity contribution in [3.63, 3.8) is 0 Å². The zero-order valence-electron chi connectivity index (χ0n) is 14.1. The number of hydrogen-bond acceptors (Lipinski definition) is 4. The molecule has 1 atom stereocenters. The Morgan fingerprint density at radius 2 is 1.95 bits per heavy atom. The third kappa shape index (κ3) is 5.18. The molecule has 1 saturated heterocycles. The van der Waals surface area contributed by atoms with Crippen LogP contribution in [0.1, 0.15) is 34.1 Å². The summed E-state index contributed by atoms with van der Waals surface area (Å²) in [5.74, 6) is -0.0657. The van der Waals surface area contributed by atoms with E-state index in [4.69, 9.17) is 4.74 Å². The van der Waals surface area contributed by atoms with Crippen molar-refractivity contribution in [2.45, 2.75) is 58.4 Å². The predicted octanol–water partition coefficient (Wildman–Crippen LogP) is 1.75. The zero-order chi connectivity index (χ0) is 15.3. The van der Waals surface area contributed by atoms with Crippen molar-refractivity contribution in [3.8, 4) is 0 Å². The summed E-state index contributed by atoms with van der Waals surface area (Å²) < 4.78 is 5.02. The molecule has 0 saturated carbocycles. The molecule has 0 aromatic carbocycles. The van der Waals surface area contributed by atoms with Crippen LogP contribution in [0.5, 0.6) is 0 Å². The van der Waals surface area contributed by atoms with E-state index >= 15 is 0 Å². The Morgan fingerprint density at radius 3 is 2.45 bits per heavy atom. The molecule has 4 nitrogen and oxygen atoms in total. The number of piperazine rings is 1. The first kappa shape index (κ1) is 17.7. The Labute approximate surface area is 126 Å². The molecule has 0 aromatic heterocycles. The molecule has 5 heteroatoms. The van der Waals surface area contributed by atoms with E-state index in [0.29, 0.717) is 18.7 Å². The number of ether oxygens (including phenoxy) is 1. The van der Waals surface area contributed by atoms with Crippen molar-refractivity contribution in [2.24, 2.45) is 0 Å². The molecule has 1 heterocycles. The summed E-state index contributed by atoms with van der Waals surface area (Å²) in [5, 5.41) is 0. The van der Waals surface area contributed by atoms with Gasteiger partial charge >= 0.3 is 5.97 Å². The molecule has 0 radical (unpaired) electrons. The third-order valence-corrected chi connectivity index (χ3v) is 6.18. The first-order valence-electron chi connectivity index (χ1n) is 7.90. The fourth-order valence-corrected chi connectivity index (χ4v) is 4.99. The Balaban J connectivity index is 2.54. The summed E-state index contributed by atoms with van der Waals surface area (Å²) in [6.07, 6.45) is 0.524. The number of nitrogens with zero attached hydrogens (tertiary/aromatic N) is 2. The van der Waals surface area contributed by atoms with Crippen molar-refractivity contribution in [1.29, 1.82) is 0 Å². The summed E-state index contributed by atoms with van der Waals surface area (Å²) in [5.41, 5.74) is 0.945. The van der Waals surface area contributed by atoms with Crippen LogP contribution in [0, 0.1) is 0 Å². The maximum atomic E-state index is 11.5. The molecule has 118 valence electrons. The molecular weight excluding hydrogens is 268 g/mol. The fourth-order valence-electron chi connectivity index (χ4n) is 2.96. The smallest absolute Gasteiger partial charge is 0.307 e. The first-order chi connectivity index (χ1) is 9.25. The average Bonchev–Trinajstić information content (AvgIpc) is 2.35. The van der Waals surface area contributed by atoms with Gasteiger partial charge in [-0.1, -0.05) is 13.1 Å². The molecular formula is C15H32N2O2Si. The van der Waals surface area contributed by atoms with Crippen LogP contribution in [-0.2, 0) is 9.53 Å². The van der Waals surface area contributed by atoms with Gasteiger partial charge in [-0.15, -0.1) is 0 Å². The van der Waals surface area contributed by atoms with Gasteiger partial charge in [-0.05, 0) is 27.7 Å². The molecule has 0 aliphatic carbocycles. The van der Waals surface area contributed by atoms with Gasteiger partial charge in [0.1, 0.15) is 0 Å². The third-order valence-electron chi connectivity index (χ3n) is 4.07. The van der Waals surface area contributed by atoms with E-state index < -0.39 is 8.80 Å². The summed E-state index contributed by atoms with van der Waals surface area (Å²) >= 11 is 0. The van der Waals surface area contributed by atoms with E-state index in [0.717, 1.165) is 26.2 Å². The van der Waals surface area contributed by atoms with Crippen LogP contribution in [0.4, 0.5) is 0 Å². The lowest BCUT2D eigenvalue weighted by Gasteiger charge is -2.49. The highest BCUT2D eigenvalue weighted by molar-refractivity contribution is 6.57. The minimum Gasteiger partial charge on any atom is -0.466 e. The zero-order valence-corrected chi connectivity index (χ0v) is 15.3. The summed E-state index contributed by atoms with van der Waals surface area (Å²) in [4.78, 5) is 16.6. The quantitative estimate of drug-likeness (QED) is 0.572. The largest absolute Gasteiger partial charge is 0.466 e. The SMILES string of the molecule is CCOC(=O)CCN1CCN(C(C)(C)C)C([SiH](C)C)C1.